The summed E-state index contributed by atoms with van der Waals surface area (Å²) in [6.45, 7) is 1.55. The van der Waals surface area contributed by atoms with Crippen molar-refractivity contribution in [1.82, 2.24) is 0 Å². The van der Waals surface area contributed by atoms with Gasteiger partial charge in [0.05, 0.1) is 4.92 Å². The molecule has 4 N–H and O–H groups in total. The summed E-state index contributed by atoms with van der Waals surface area (Å²) in [5.74, 6) is -0.257. The molecule has 0 aromatic heterocycles. The molecule has 0 bridgehead atoms. The highest BCUT2D eigenvalue weighted by Crippen LogP contribution is 2.23. The Balaban J connectivity index is 2.65. The number of rotatable bonds is 5. The molecule has 1 amide bonds. The van der Waals surface area contributed by atoms with Crippen molar-refractivity contribution in [3.8, 4) is 0 Å². The van der Waals surface area contributed by atoms with Crippen LogP contribution in [0.25, 0.3) is 0 Å². The number of nitro benzene ring substituents is 1. The van der Waals surface area contributed by atoms with Crippen LogP contribution in [0.5, 0.6) is 0 Å². The number of benzene rings is 1. The maximum absolute atomic E-state index is 11.0. The van der Waals surface area contributed by atoms with Crippen molar-refractivity contribution in [2.75, 3.05) is 5.75 Å². The van der Waals surface area contributed by atoms with Crippen LogP contribution in [-0.4, -0.2) is 22.1 Å². The summed E-state index contributed by atoms with van der Waals surface area (Å²) in [5.41, 5.74) is 9.75. The first-order chi connectivity index (χ1) is 7.83. The predicted molar refractivity (Wildman–Crippen MR) is 65.6 cm³/mol. The van der Waals surface area contributed by atoms with Crippen LogP contribution in [0.1, 0.15) is 6.92 Å². The lowest BCUT2D eigenvalue weighted by Crippen LogP contribution is -2.51. The number of hydrogen-bond donors (Lipinski definition) is 2. The van der Waals surface area contributed by atoms with E-state index in [9.17, 15) is 14.9 Å². The van der Waals surface area contributed by atoms with Crippen molar-refractivity contribution in [2.24, 2.45) is 11.5 Å². The van der Waals surface area contributed by atoms with E-state index in [-0.39, 0.29) is 5.69 Å². The number of primary amides is 1. The van der Waals surface area contributed by atoms with E-state index in [0.717, 1.165) is 4.90 Å². The second-order valence-corrected chi connectivity index (χ2v) is 4.87. The molecule has 92 valence electrons. The smallest absolute Gasteiger partial charge is 0.269 e. The Hall–Kier alpha value is -1.60. The zero-order valence-electron chi connectivity index (χ0n) is 9.25. The third-order valence-electron chi connectivity index (χ3n) is 2.15. The quantitative estimate of drug-likeness (QED) is 0.461. The van der Waals surface area contributed by atoms with Crippen LogP contribution in [-0.2, 0) is 4.79 Å². The van der Waals surface area contributed by atoms with Gasteiger partial charge >= 0.3 is 0 Å². The van der Waals surface area contributed by atoms with Crippen molar-refractivity contribution < 1.29 is 9.72 Å². The molecule has 6 nitrogen and oxygen atoms in total. The molecule has 1 atom stereocenters. The molecule has 0 aliphatic carbocycles. The second-order valence-electron chi connectivity index (χ2n) is 3.82. The minimum absolute atomic E-state index is 0.0276. The first-order valence-electron chi connectivity index (χ1n) is 4.79. The zero-order chi connectivity index (χ0) is 13.1. The number of nitrogens with zero attached hydrogens (tertiary/aromatic N) is 1. The van der Waals surface area contributed by atoms with Crippen LogP contribution < -0.4 is 11.5 Å². The number of thioether (sulfide) groups is 1. The average Bonchev–Trinajstić information content (AvgIpc) is 2.27. The molecule has 0 radical (unpaired) electrons. The Morgan fingerprint density at radius 3 is 2.41 bits per heavy atom. The van der Waals surface area contributed by atoms with E-state index in [1.165, 1.54) is 23.9 Å². The van der Waals surface area contributed by atoms with Gasteiger partial charge in [0, 0.05) is 22.8 Å². The summed E-state index contributed by atoms with van der Waals surface area (Å²) in [6.07, 6.45) is 0. The van der Waals surface area contributed by atoms with Crippen LogP contribution in [0.2, 0.25) is 0 Å². The van der Waals surface area contributed by atoms with E-state index in [4.69, 9.17) is 11.5 Å². The molecular weight excluding hydrogens is 242 g/mol. The predicted octanol–water partition coefficient (Wildman–Crippen LogP) is 0.890. The molecule has 17 heavy (non-hydrogen) atoms. The number of non-ortho nitro benzene ring substituents is 1. The molecule has 1 aromatic rings. The number of nitro groups is 1. The summed E-state index contributed by atoms with van der Waals surface area (Å²) >= 11 is 1.33. The van der Waals surface area contributed by atoms with E-state index in [0.29, 0.717) is 5.75 Å². The van der Waals surface area contributed by atoms with E-state index < -0.39 is 16.4 Å². The van der Waals surface area contributed by atoms with Gasteiger partial charge in [-0.05, 0) is 19.1 Å². The first kappa shape index (κ1) is 13.5. The van der Waals surface area contributed by atoms with Gasteiger partial charge in [-0.1, -0.05) is 0 Å². The Morgan fingerprint density at radius 1 is 1.47 bits per heavy atom. The van der Waals surface area contributed by atoms with Crippen LogP contribution in [0, 0.1) is 10.1 Å². The lowest BCUT2D eigenvalue weighted by atomic mass is 10.1. The van der Waals surface area contributed by atoms with Crippen molar-refractivity contribution >= 4 is 23.4 Å². The summed E-state index contributed by atoms with van der Waals surface area (Å²) < 4.78 is 0. The third-order valence-corrected chi connectivity index (χ3v) is 3.50. The summed E-state index contributed by atoms with van der Waals surface area (Å²) in [4.78, 5) is 21.7. The maximum atomic E-state index is 11.0. The Kier molecular flexibility index (Phi) is 4.08. The molecule has 0 spiro atoms. The van der Waals surface area contributed by atoms with E-state index >= 15 is 0 Å². The molecule has 0 fully saturated rings. The highest BCUT2D eigenvalue weighted by molar-refractivity contribution is 7.99. The van der Waals surface area contributed by atoms with Gasteiger partial charge in [-0.15, -0.1) is 11.8 Å². The SMILES string of the molecule is CC(N)(CSc1ccc([N+](=O)[O-])cc1)C(N)=O. The Bertz CT molecular complexity index is 431. The van der Waals surface area contributed by atoms with Gasteiger partial charge in [-0.2, -0.15) is 0 Å². The van der Waals surface area contributed by atoms with Crippen molar-refractivity contribution in [3.63, 3.8) is 0 Å². The molecule has 1 aromatic carbocycles. The van der Waals surface area contributed by atoms with Gasteiger partial charge in [0.15, 0.2) is 0 Å². The fraction of sp³-hybridized carbons (Fsp3) is 0.300. The van der Waals surface area contributed by atoms with Gasteiger partial charge in [0.2, 0.25) is 5.91 Å². The van der Waals surface area contributed by atoms with E-state index in [2.05, 4.69) is 0 Å². The van der Waals surface area contributed by atoms with Crippen LogP contribution in [0.15, 0.2) is 29.2 Å². The number of nitrogens with two attached hydrogens (primary N) is 2. The molecule has 0 aliphatic heterocycles. The van der Waals surface area contributed by atoms with Gasteiger partial charge in [0.25, 0.3) is 5.69 Å². The molecular formula is C10H13N3O3S. The monoisotopic (exact) mass is 255 g/mol. The minimum atomic E-state index is -1.09. The molecule has 0 saturated carbocycles. The lowest BCUT2D eigenvalue weighted by Gasteiger charge is -2.19. The number of amides is 1. The molecule has 0 aliphatic rings. The molecule has 0 saturated heterocycles. The number of carbonyl (C=O) groups excluding carboxylic acids is 1. The van der Waals surface area contributed by atoms with Crippen LogP contribution in [0.3, 0.4) is 0 Å². The lowest BCUT2D eigenvalue weighted by molar-refractivity contribution is -0.384. The molecule has 1 unspecified atom stereocenters. The molecule has 1 rings (SSSR count). The van der Waals surface area contributed by atoms with Crippen molar-refractivity contribution in [2.45, 2.75) is 17.4 Å². The largest absolute Gasteiger partial charge is 0.368 e. The fourth-order valence-electron chi connectivity index (χ4n) is 0.968. The van der Waals surface area contributed by atoms with Crippen LogP contribution >= 0.6 is 11.8 Å². The summed E-state index contributed by atoms with van der Waals surface area (Å²) in [5, 5.41) is 10.4. The maximum Gasteiger partial charge on any atom is 0.269 e. The highest BCUT2D eigenvalue weighted by Gasteiger charge is 2.25. The molecule has 0 heterocycles. The second kappa shape index (κ2) is 5.15. The average molecular weight is 255 g/mol. The van der Waals surface area contributed by atoms with Gasteiger partial charge in [0.1, 0.15) is 5.54 Å². The number of carbonyl (C=O) groups is 1. The van der Waals surface area contributed by atoms with E-state index in [1.54, 1.807) is 19.1 Å². The third kappa shape index (κ3) is 3.72. The minimum Gasteiger partial charge on any atom is -0.368 e. The standard InChI is InChI=1S/C10H13N3O3S/c1-10(12,9(11)14)6-17-8-4-2-7(3-5-8)13(15)16/h2-5H,6,12H2,1H3,(H2,11,14). The summed E-state index contributed by atoms with van der Waals surface area (Å²) in [6, 6.07) is 6.03. The highest BCUT2D eigenvalue weighted by atomic mass is 32.2. The van der Waals surface area contributed by atoms with Crippen molar-refractivity contribution in [1.29, 1.82) is 0 Å². The van der Waals surface area contributed by atoms with Gasteiger partial charge in [-0.3, -0.25) is 14.9 Å². The summed E-state index contributed by atoms with van der Waals surface area (Å²) in [7, 11) is 0. The number of hydrogen-bond acceptors (Lipinski definition) is 5. The first-order valence-corrected chi connectivity index (χ1v) is 5.77. The zero-order valence-corrected chi connectivity index (χ0v) is 10.1. The Labute approximate surface area is 103 Å². The van der Waals surface area contributed by atoms with Gasteiger partial charge < -0.3 is 11.5 Å². The Morgan fingerprint density at radius 2 is 2.00 bits per heavy atom. The van der Waals surface area contributed by atoms with Crippen LogP contribution in [0.4, 0.5) is 5.69 Å². The van der Waals surface area contributed by atoms with E-state index in [1.807, 2.05) is 0 Å². The normalized spacial score (nSPS) is 14.0. The fourth-order valence-corrected chi connectivity index (χ4v) is 1.91. The topological polar surface area (TPSA) is 112 Å². The molecule has 7 heteroatoms. The van der Waals surface area contributed by atoms with Gasteiger partial charge in [-0.25, -0.2) is 0 Å². The van der Waals surface area contributed by atoms with Crippen molar-refractivity contribution in [3.05, 3.63) is 34.4 Å².